The number of hydrazine groups is 1. The van der Waals surface area contributed by atoms with Gasteiger partial charge >= 0.3 is 6.03 Å². The number of hydrogen-bond donors (Lipinski definition) is 3. The molecule has 0 saturated carbocycles. The van der Waals surface area contributed by atoms with E-state index in [9.17, 15) is 9.59 Å². The summed E-state index contributed by atoms with van der Waals surface area (Å²) in [6, 6.07) is -0.439. The first-order chi connectivity index (χ1) is 6.07. The van der Waals surface area contributed by atoms with E-state index in [0.717, 1.165) is 5.01 Å². The lowest BCUT2D eigenvalue weighted by molar-refractivity contribution is -0.116. The predicted molar refractivity (Wildman–Crippen MR) is 48.9 cm³/mol. The van der Waals surface area contributed by atoms with E-state index in [1.807, 2.05) is 0 Å². The zero-order chi connectivity index (χ0) is 10.3. The second-order valence-electron chi connectivity index (χ2n) is 2.66. The first kappa shape index (κ1) is 11.9. The fraction of sp³-hybridized carbons (Fsp3) is 0.714. The Morgan fingerprint density at radius 3 is 2.54 bits per heavy atom. The van der Waals surface area contributed by atoms with Crippen LogP contribution >= 0.6 is 0 Å². The standard InChI is InChI=1S/C7H16N4O2/c1-6(12)5-10-7(13)11(8)4-3-9-2/h9H,3-5,8H2,1-2H3,(H,10,13). The minimum absolute atomic E-state index is 0.0199. The number of carbonyl (C=O) groups is 2. The molecule has 0 aliphatic heterocycles. The van der Waals surface area contributed by atoms with Gasteiger partial charge in [0.25, 0.3) is 0 Å². The first-order valence-electron chi connectivity index (χ1n) is 4.02. The van der Waals surface area contributed by atoms with Gasteiger partial charge < -0.3 is 10.6 Å². The van der Waals surface area contributed by atoms with E-state index in [-0.39, 0.29) is 12.3 Å². The molecule has 6 nitrogen and oxygen atoms in total. The molecule has 0 unspecified atom stereocenters. The molecule has 0 aliphatic rings. The second-order valence-corrected chi connectivity index (χ2v) is 2.66. The number of hydrogen-bond acceptors (Lipinski definition) is 4. The fourth-order valence-corrected chi connectivity index (χ4v) is 0.635. The highest BCUT2D eigenvalue weighted by Gasteiger charge is 2.07. The van der Waals surface area contributed by atoms with Crippen molar-refractivity contribution in [3.63, 3.8) is 0 Å². The molecule has 0 aromatic carbocycles. The molecule has 2 amide bonds. The van der Waals surface area contributed by atoms with Crippen LogP contribution in [0.2, 0.25) is 0 Å². The summed E-state index contributed by atoms with van der Waals surface area (Å²) < 4.78 is 0. The second kappa shape index (κ2) is 6.38. The lowest BCUT2D eigenvalue weighted by atomic mass is 10.4. The molecule has 76 valence electrons. The molecule has 0 rings (SSSR count). The molecule has 0 radical (unpaired) electrons. The molecular formula is C7H16N4O2. The molecule has 6 heteroatoms. The minimum Gasteiger partial charge on any atom is -0.330 e. The molecule has 4 N–H and O–H groups in total. The maximum Gasteiger partial charge on any atom is 0.331 e. The molecule has 0 bridgehead atoms. The number of urea groups is 1. The van der Waals surface area contributed by atoms with Gasteiger partial charge in [0.2, 0.25) is 0 Å². The predicted octanol–water partition coefficient (Wildman–Crippen LogP) is -1.32. The number of amides is 2. The zero-order valence-corrected chi connectivity index (χ0v) is 7.96. The van der Waals surface area contributed by atoms with Crippen molar-refractivity contribution in [2.24, 2.45) is 5.84 Å². The first-order valence-corrected chi connectivity index (χ1v) is 4.02. The van der Waals surface area contributed by atoms with E-state index in [2.05, 4.69) is 10.6 Å². The Kier molecular flexibility index (Phi) is 5.82. The van der Waals surface area contributed by atoms with Crippen LogP contribution in [0, 0.1) is 0 Å². The van der Waals surface area contributed by atoms with Gasteiger partial charge in [0.1, 0.15) is 5.78 Å². The van der Waals surface area contributed by atoms with Gasteiger partial charge in [-0.1, -0.05) is 0 Å². The van der Waals surface area contributed by atoms with Crippen molar-refractivity contribution in [1.82, 2.24) is 15.6 Å². The molecule has 0 heterocycles. The van der Waals surface area contributed by atoms with E-state index in [1.165, 1.54) is 6.92 Å². The van der Waals surface area contributed by atoms with Gasteiger partial charge in [-0.25, -0.2) is 10.6 Å². The molecule has 0 aromatic rings. The Morgan fingerprint density at radius 1 is 1.46 bits per heavy atom. The molecule has 0 saturated heterocycles. The van der Waals surface area contributed by atoms with Crippen molar-refractivity contribution in [3.05, 3.63) is 0 Å². The zero-order valence-electron chi connectivity index (χ0n) is 7.96. The quantitative estimate of drug-likeness (QED) is 0.284. The van der Waals surface area contributed by atoms with Crippen molar-refractivity contribution in [2.75, 3.05) is 26.7 Å². The number of nitrogens with one attached hydrogen (secondary N) is 2. The van der Waals surface area contributed by atoms with Gasteiger partial charge in [0.15, 0.2) is 0 Å². The summed E-state index contributed by atoms with van der Waals surface area (Å²) in [5, 5.41) is 6.25. The van der Waals surface area contributed by atoms with Crippen LogP contribution in [-0.4, -0.2) is 43.5 Å². The van der Waals surface area contributed by atoms with Crippen LogP contribution in [-0.2, 0) is 4.79 Å². The van der Waals surface area contributed by atoms with Crippen molar-refractivity contribution in [1.29, 1.82) is 0 Å². The van der Waals surface area contributed by atoms with Crippen LogP contribution in [0.25, 0.3) is 0 Å². The molecule has 0 aliphatic carbocycles. The third-order valence-electron chi connectivity index (χ3n) is 1.35. The van der Waals surface area contributed by atoms with Crippen molar-refractivity contribution < 1.29 is 9.59 Å². The highest BCUT2D eigenvalue weighted by atomic mass is 16.2. The Labute approximate surface area is 77.4 Å². The van der Waals surface area contributed by atoms with E-state index in [0.29, 0.717) is 13.1 Å². The van der Waals surface area contributed by atoms with Gasteiger partial charge in [-0.2, -0.15) is 0 Å². The van der Waals surface area contributed by atoms with Crippen LogP contribution in [0.5, 0.6) is 0 Å². The van der Waals surface area contributed by atoms with Gasteiger partial charge in [0, 0.05) is 6.54 Å². The number of nitrogens with zero attached hydrogens (tertiary/aromatic N) is 1. The van der Waals surface area contributed by atoms with Gasteiger partial charge in [0.05, 0.1) is 13.1 Å². The topological polar surface area (TPSA) is 87.5 Å². The van der Waals surface area contributed by atoms with Crippen LogP contribution in [0.4, 0.5) is 4.79 Å². The largest absolute Gasteiger partial charge is 0.331 e. The summed E-state index contributed by atoms with van der Waals surface area (Å²) in [7, 11) is 1.77. The summed E-state index contributed by atoms with van der Waals surface area (Å²) in [6.45, 7) is 2.44. The molecule has 0 spiro atoms. The number of likely N-dealkylation sites (N-methyl/N-ethyl adjacent to an activating group) is 1. The summed E-state index contributed by atoms with van der Waals surface area (Å²) >= 11 is 0. The maximum absolute atomic E-state index is 11.1. The van der Waals surface area contributed by atoms with Crippen molar-refractivity contribution in [2.45, 2.75) is 6.92 Å². The minimum atomic E-state index is -0.439. The fourth-order valence-electron chi connectivity index (χ4n) is 0.635. The van der Waals surface area contributed by atoms with Gasteiger partial charge in [-0.15, -0.1) is 0 Å². The third-order valence-corrected chi connectivity index (χ3v) is 1.35. The Balaban J connectivity index is 3.63. The Hall–Kier alpha value is -1.14. The highest BCUT2D eigenvalue weighted by Crippen LogP contribution is 1.78. The number of carbonyl (C=O) groups excluding carboxylic acids is 2. The number of nitrogens with two attached hydrogens (primary N) is 1. The van der Waals surface area contributed by atoms with Crippen molar-refractivity contribution in [3.8, 4) is 0 Å². The smallest absolute Gasteiger partial charge is 0.330 e. The van der Waals surface area contributed by atoms with Crippen LogP contribution in [0.15, 0.2) is 0 Å². The summed E-state index contributed by atoms with van der Waals surface area (Å²) in [5.41, 5.74) is 0. The average Bonchev–Trinajstić information content (AvgIpc) is 2.10. The highest BCUT2D eigenvalue weighted by molar-refractivity contribution is 5.83. The number of Topliss-reactive ketones (excluding diaryl/α,β-unsaturated/α-hetero) is 1. The maximum atomic E-state index is 11.1. The van der Waals surface area contributed by atoms with E-state index >= 15 is 0 Å². The molecular weight excluding hydrogens is 172 g/mol. The number of ketones is 1. The Bertz CT molecular complexity index is 183. The van der Waals surface area contributed by atoms with Crippen LogP contribution in [0.3, 0.4) is 0 Å². The average molecular weight is 188 g/mol. The lowest BCUT2D eigenvalue weighted by Crippen LogP contribution is -2.48. The van der Waals surface area contributed by atoms with Crippen LogP contribution < -0.4 is 16.5 Å². The van der Waals surface area contributed by atoms with E-state index < -0.39 is 6.03 Å². The SMILES string of the molecule is CNCCN(N)C(=O)NCC(C)=O. The van der Waals surface area contributed by atoms with Crippen LogP contribution in [0.1, 0.15) is 6.92 Å². The molecule has 13 heavy (non-hydrogen) atoms. The van der Waals surface area contributed by atoms with Gasteiger partial charge in [-0.05, 0) is 14.0 Å². The lowest BCUT2D eigenvalue weighted by Gasteiger charge is -2.16. The Morgan fingerprint density at radius 2 is 2.08 bits per heavy atom. The van der Waals surface area contributed by atoms with E-state index in [4.69, 9.17) is 5.84 Å². The molecule has 0 aromatic heterocycles. The monoisotopic (exact) mass is 188 g/mol. The van der Waals surface area contributed by atoms with Crippen molar-refractivity contribution >= 4 is 11.8 Å². The molecule has 0 atom stereocenters. The molecule has 0 fully saturated rings. The van der Waals surface area contributed by atoms with E-state index in [1.54, 1.807) is 7.05 Å². The summed E-state index contributed by atoms with van der Waals surface area (Å²) in [4.78, 5) is 21.6. The summed E-state index contributed by atoms with van der Waals surface area (Å²) in [5.74, 6) is 5.26. The number of rotatable bonds is 5. The normalized spacial score (nSPS) is 9.46. The third kappa shape index (κ3) is 6.06. The van der Waals surface area contributed by atoms with Gasteiger partial charge in [-0.3, -0.25) is 9.80 Å². The summed E-state index contributed by atoms with van der Waals surface area (Å²) in [6.07, 6.45) is 0.